The third kappa shape index (κ3) is 5.80. The average molecular weight is 779 g/mol. The molecule has 0 saturated carbocycles. The second-order valence-electron chi connectivity index (χ2n) is 15.6. The number of rotatable bonds is 7. The molecule has 9 aromatic carbocycles. The summed E-state index contributed by atoms with van der Waals surface area (Å²) in [7, 11) is 0. The molecule has 3 heterocycles. The Hall–Kier alpha value is -8.21. The lowest BCUT2D eigenvalue weighted by Crippen LogP contribution is -2.10. The van der Waals surface area contributed by atoms with E-state index in [0.717, 1.165) is 56.3 Å². The number of pyridine rings is 1. The van der Waals surface area contributed by atoms with Gasteiger partial charge in [0.15, 0.2) is 0 Å². The predicted molar refractivity (Wildman–Crippen MR) is 256 cm³/mol. The van der Waals surface area contributed by atoms with Crippen molar-refractivity contribution in [1.29, 1.82) is 0 Å². The number of benzene rings is 9. The van der Waals surface area contributed by atoms with Gasteiger partial charge in [0.05, 0.1) is 22.1 Å². The van der Waals surface area contributed by atoms with Crippen LogP contribution < -0.4 is 4.90 Å². The minimum atomic E-state index is 0.888. The Morgan fingerprint density at radius 2 is 0.902 bits per heavy atom. The number of nitrogens with zero attached hydrogens (tertiary/aromatic N) is 4. The average Bonchev–Trinajstić information content (AvgIpc) is 3.85. The lowest BCUT2D eigenvalue weighted by Gasteiger charge is -2.27. The number of hydrogen-bond acceptors (Lipinski definition) is 2. The molecule has 0 unspecified atom stereocenters. The molecular weight excluding hydrogens is 741 g/mol. The topological polar surface area (TPSA) is 26.0 Å². The van der Waals surface area contributed by atoms with Gasteiger partial charge in [0, 0.05) is 55.9 Å². The van der Waals surface area contributed by atoms with E-state index < -0.39 is 0 Å². The van der Waals surface area contributed by atoms with E-state index in [-0.39, 0.29) is 0 Å². The largest absolute Gasteiger partial charge is 0.310 e. The smallest absolute Gasteiger partial charge is 0.137 e. The molecule has 12 rings (SSSR count). The highest BCUT2D eigenvalue weighted by atomic mass is 15.1. The van der Waals surface area contributed by atoms with Crippen molar-refractivity contribution in [3.8, 4) is 33.8 Å². The van der Waals surface area contributed by atoms with Crippen LogP contribution in [-0.4, -0.2) is 14.1 Å². The molecule has 3 aromatic heterocycles. The molecule has 0 bridgehead atoms. The maximum Gasteiger partial charge on any atom is 0.137 e. The third-order valence-electron chi connectivity index (χ3n) is 12.1. The van der Waals surface area contributed by atoms with E-state index in [0.29, 0.717) is 0 Å². The lowest BCUT2D eigenvalue weighted by atomic mass is 10.0. The van der Waals surface area contributed by atoms with E-state index in [2.05, 4.69) is 232 Å². The van der Waals surface area contributed by atoms with E-state index in [4.69, 9.17) is 4.98 Å². The Bertz CT molecular complexity index is 3590. The Morgan fingerprint density at radius 3 is 1.69 bits per heavy atom. The summed E-state index contributed by atoms with van der Waals surface area (Å²) in [5, 5.41) is 7.28. The first-order valence-corrected chi connectivity index (χ1v) is 20.8. The van der Waals surface area contributed by atoms with Gasteiger partial charge in [-0.1, -0.05) is 152 Å². The summed E-state index contributed by atoms with van der Waals surface area (Å²) in [6.07, 6.45) is 1.88. The Balaban J connectivity index is 1.08. The summed E-state index contributed by atoms with van der Waals surface area (Å²) in [5.74, 6) is 0.888. The zero-order chi connectivity index (χ0) is 40.3. The highest BCUT2D eigenvalue weighted by Gasteiger charge is 2.21. The van der Waals surface area contributed by atoms with Crippen molar-refractivity contribution in [3.05, 3.63) is 231 Å². The SMILES string of the molecule is c1ccc(-c2cccc(N(c3cccc(-c4ccc5c6ccccc6n(-c6ccccc6)c5c4)c3)c3ccc4c5ccc6ccccc6c5n(-c5ccccn5)c4c3)c2)cc1. The predicted octanol–water partition coefficient (Wildman–Crippen LogP) is 15.2. The second-order valence-corrected chi connectivity index (χ2v) is 15.6. The number of anilines is 3. The summed E-state index contributed by atoms with van der Waals surface area (Å²) in [6, 6.07) is 81.0. The lowest BCUT2D eigenvalue weighted by molar-refractivity contribution is 1.08. The molecule has 4 heteroatoms. The van der Waals surface area contributed by atoms with Crippen LogP contribution in [0.3, 0.4) is 0 Å². The highest BCUT2D eigenvalue weighted by Crippen LogP contribution is 2.43. The zero-order valence-electron chi connectivity index (χ0n) is 33.2. The quantitative estimate of drug-likeness (QED) is 0.161. The van der Waals surface area contributed by atoms with Crippen LogP contribution >= 0.6 is 0 Å². The summed E-state index contributed by atoms with van der Waals surface area (Å²) in [6.45, 7) is 0. The minimum Gasteiger partial charge on any atom is -0.310 e. The van der Waals surface area contributed by atoms with Gasteiger partial charge in [-0.3, -0.25) is 4.57 Å². The van der Waals surface area contributed by atoms with Gasteiger partial charge < -0.3 is 9.47 Å². The van der Waals surface area contributed by atoms with E-state index >= 15 is 0 Å². The molecule has 0 N–H and O–H groups in total. The van der Waals surface area contributed by atoms with Crippen molar-refractivity contribution < 1.29 is 0 Å². The second kappa shape index (κ2) is 14.3. The van der Waals surface area contributed by atoms with Crippen molar-refractivity contribution in [2.24, 2.45) is 0 Å². The van der Waals surface area contributed by atoms with Gasteiger partial charge in [-0.15, -0.1) is 0 Å². The van der Waals surface area contributed by atoms with Gasteiger partial charge >= 0.3 is 0 Å². The normalized spacial score (nSPS) is 11.6. The first kappa shape index (κ1) is 34.8. The summed E-state index contributed by atoms with van der Waals surface area (Å²) >= 11 is 0. The van der Waals surface area contributed by atoms with Crippen LogP contribution in [0.25, 0.3) is 88.1 Å². The van der Waals surface area contributed by atoms with Gasteiger partial charge in [0.2, 0.25) is 0 Å². The molecule has 61 heavy (non-hydrogen) atoms. The van der Waals surface area contributed by atoms with Gasteiger partial charge in [0.25, 0.3) is 0 Å². The Kier molecular flexibility index (Phi) is 8.13. The zero-order valence-corrected chi connectivity index (χ0v) is 33.2. The van der Waals surface area contributed by atoms with Crippen LogP contribution in [-0.2, 0) is 0 Å². The fraction of sp³-hybridized carbons (Fsp3) is 0. The summed E-state index contributed by atoms with van der Waals surface area (Å²) < 4.78 is 4.73. The van der Waals surface area contributed by atoms with Crippen molar-refractivity contribution in [1.82, 2.24) is 14.1 Å². The molecule has 286 valence electrons. The van der Waals surface area contributed by atoms with Gasteiger partial charge in [0.1, 0.15) is 5.82 Å². The molecule has 0 atom stereocenters. The molecule has 0 spiro atoms. The van der Waals surface area contributed by atoms with E-state index in [9.17, 15) is 0 Å². The molecule has 0 aliphatic heterocycles. The number of hydrogen-bond donors (Lipinski definition) is 0. The summed E-state index contributed by atoms with van der Waals surface area (Å²) in [5.41, 5.74) is 13.6. The first-order valence-electron chi connectivity index (χ1n) is 20.8. The highest BCUT2D eigenvalue weighted by molar-refractivity contribution is 6.19. The van der Waals surface area contributed by atoms with Crippen molar-refractivity contribution in [2.75, 3.05) is 4.90 Å². The Morgan fingerprint density at radius 1 is 0.328 bits per heavy atom. The molecular formula is C57H38N4. The molecule has 4 nitrogen and oxygen atoms in total. The van der Waals surface area contributed by atoms with Crippen LogP contribution in [0.2, 0.25) is 0 Å². The van der Waals surface area contributed by atoms with Crippen LogP contribution in [0.1, 0.15) is 0 Å². The molecule has 0 fully saturated rings. The summed E-state index contributed by atoms with van der Waals surface area (Å²) in [4.78, 5) is 7.31. The molecule has 0 radical (unpaired) electrons. The fourth-order valence-electron chi connectivity index (χ4n) is 9.36. The Labute approximate surface area is 353 Å². The standard InChI is InChI=1S/C57H38N4/c1-3-15-39(16-4-1)41-18-13-22-45(35-41)59(47-30-33-51-52-32-28-40-17-7-8-24-48(40)57(52)61(55(51)38-47)56-27-11-12-34-58-56)46-23-14-19-42(36-46)43-29-31-50-49-25-9-10-26-53(49)60(54(50)37-43)44-20-5-2-6-21-44/h1-38H. The molecule has 0 aliphatic carbocycles. The maximum atomic E-state index is 4.92. The molecule has 0 amide bonds. The molecule has 12 aromatic rings. The van der Waals surface area contributed by atoms with Crippen LogP contribution in [0.5, 0.6) is 0 Å². The third-order valence-corrected chi connectivity index (χ3v) is 12.1. The van der Waals surface area contributed by atoms with E-state index in [1.165, 1.54) is 48.9 Å². The van der Waals surface area contributed by atoms with Crippen LogP contribution in [0.4, 0.5) is 17.1 Å². The number of fused-ring (bicyclic) bond motifs is 8. The minimum absolute atomic E-state index is 0.888. The molecule has 0 aliphatic rings. The van der Waals surface area contributed by atoms with Gasteiger partial charge in [-0.2, -0.15) is 0 Å². The number of aromatic nitrogens is 3. The van der Waals surface area contributed by atoms with Gasteiger partial charge in [-0.25, -0.2) is 4.98 Å². The van der Waals surface area contributed by atoms with E-state index in [1.54, 1.807) is 0 Å². The van der Waals surface area contributed by atoms with Crippen molar-refractivity contribution in [3.63, 3.8) is 0 Å². The molecule has 0 saturated heterocycles. The van der Waals surface area contributed by atoms with Crippen LogP contribution in [0, 0.1) is 0 Å². The van der Waals surface area contributed by atoms with Gasteiger partial charge in [-0.05, 0) is 100 Å². The van der Waals surface area contributed by atoms with Crippen LogP contribution in [0.15, 0.2) is 231 Å². The first-order chi connectivity index (χ1) is 30.3. The van der Waals surface area contributed by atoms with Crippen molar-refractivity contribution >= 4 is 71.4 Å². The van der Waals surface area contributed by atoms with E-state index in [1.807, 2.05) is 12.3 Å². The monoisotopic (exact) mass is 778 g/mol. The fourth-order valence-corrected chi connectivity index (χ4v) is 9.36. The maximum absolute atomic E-state index is 4.92. The number of para-hydroxylation sites is 2. The van der Waals surface area contributed by atoms with Crippen molar-refractivity contribution in [2.45, 2.75) is 0 Å².